The van der Waals surface area contributed by atoms with Crippen molar-refractivity contribution in [3.8, 4) is 0 Å². The first-order valence-electron chi connectivity index (χ1n) is 6.79. The van der Waals surface area contributed by atoms with Gasteiger partial charge in [0.1, 0.15) is 0 Å². The van der Waals surface area contributed by atoms with Crippen molar-refractivity contribution in [1.29, 1.82) is 0 Å². The Morgan fingerprint density at radius 2 is 1.64 bits per heavy atom. The highest BCUT2D eigenvalue weighted by Crippen LogP contribution is 2.16. The second-order valence-corrected chi connectivity index (χ2v) is 7.45. The molecule has 0 heterocycles. The van der Waals surface area contributed by atoms with Crippen LogP contribution in [-0.2, 0) is 9.84 Å². The fourth-order valence-corrected chi connectivity index (χ4v) is 2.90. The van der Waals surface area contributed by atoms with E-state index in [1.54, 1.807) is 24.3 Å². The Kier molecular flexibility index (Phi) is 5.15. The van der Waals surface area contributed by atoms with Crippen molar-refractivity contribution in [3.63, 3.8) is 0 Å². The van der Waals surface area contributed by atoms with E-state index in [4.69, 9.17) is 12.2 Å². The van der Waals surface area contributed by atoms with E-state index < -0.39 is 9.84 Å². The molecule has 0 saturated heterocycles. The molecule has 0 radical (unpaired) electrons. The maximum Gasteiger partial charge on any atom is 0.175 e. The number of para-hydroxylation sites is 1. The van der Waals surface area contributed by atoms with Gasteiger partial charge in [-0.25, -0.2) is 8.42 Å². The molecule has 0 aliphatic rings. The predicted molar refractivity (Wildman–Crippen MR) is 93.8 cm³/mol. The summed E-state index contributed by atoms with van der Waals surface area (Å²) < 4.78 is 22.9. The lowest BCUT2D eigenvalue weighted by Crippen LogP contribution is -2.30. The van der Waals surface area contributed by atoms with Gasteiger partial charge in [0.2, 0.25) is 0 Å². The minimum absolute atomic E-state index is 0.0303. The molecule has 0 aliphatic carbocycles. The molecule has 2 N–H and O–H groups in total. The van der Waals surface area contributed by atoms with E-state index in [1.165, 1.54) is 6.26 Å². The number of rotatable bonds is 4. The Morgan fingerprint density at radius 1 is 1.05 bits per heavy atom. The number of hydrogen-bond acceptors (Lipinski definition) is 3. The van der Waals surface area contributed by atoms with Gasteiger partial charge >= 0.3 is 0 Å². The smallest absolute Gasteiger partial charge is 0.175 e. The summed E-state index contributed by atoms with van der Waals surface area (Å²) in [5.41, 5.74) is 1.88. The summed E-state index contributed by atoms with van der Waals surface area (Å²) in [7, 11) is -3.17. The number of sulfone groups is 1. The van der Waals surface area contributed by atoms with Gasteiger partial charge in [-0.3, -0.25) is 0 Å². The van der Waals surface area contributed by atoms with Crippen molar-refractivity contribution < 1.29 is 8.42 Å². The molecule has 0 bridgehead atoms. The lowest BCUT2D eigenvalue weighted by atomic mass is 10.1. The first-order chi connectivity index (χ1) is 10.4. The van der Waals surface area contributed by atoms with Gasteiger partial charge < -0.3 is 10.6 Å². The summed E-state index contributed by atoms with van der Waals surface area (Å²) in [6.45, 7) is 1.97. The first kappa shape index (κ1) is 16.5. The van der Waals surface area contributed by atoms with Gasteiger partial charge in [-0.2, -0.15) is 0 Å². The summed E-state index contributed by atoms with van der Waals surface area (Å²) in [5.74, 6) is 0. The van der Waals surface area contributed by atoms with E-state index in [1.807, 2.05) is 37.3 Å². The Balaban J connectivity index is 2.00. The first-order valence-corrected chi connectivity index (χ1v) is 9.09. The highest BCUT2D eigenvalue weighted by Gasteiger charge is 2.10. The molecule has 2 aromatic carbocycles. The summed E-state index contributed by atoms with van der Waals surface area (Å²) >= 11 is 5.28. The quantitative estimate of drug-likeness (QED) is 0.841. The molecule has 0 aromatic heterocycles. The average Bonchev–Trinajstić information content (AvgIpc) is 2.47. The van der Waals surface area contributed by atoms with E-state index in [0.29, 0.717) is 10.0 Å². The molecule has 2 rings (SSSR count). The van der Waals surface area contributed by atoms with Crippen molar-refractivity contribution in [1.82, 2.24) is 5.32 Å². The summed E-state index contributed by atoms with van der Waals surface area (Å²) in [6, 6.07) is 16.4. The Morgan fingerprint density at radius 3 is 2.18 bits per heavy atom. The second-order valence-electron chi connectivity index (χ2n) is 5.03. The molecule has 1 atom stereocenters. The van der Waals surface area contributed by atoms with Crippen molar-refractivity contribution in [2.75, 3.05) is 11.6 Å². The number of anilines is 1. The summed E-state index contributed by atoms with van der Waals surface area (Å²) in [6.07, 6.45) is 1.20. The van der Waals surface area contributed by atoms with Crippen molar-refractivity contribution in [3.05, 3.63) is 60.2 Å². The third-order valence-corrected chi connectivity index (χ3v) is 4.54. The summed E-state index contributed by atoms with van der Waals surface area (Å²) in [5, 5.41) is 6.80. The molecule has 22 heavy (non-hydrogen) atoms. The van der Waals surface area contributed by atoms with Crippen LogP contribution in [0.25, 0.3) is 0 Å². The monoisotopic (exact) mass is 334 g/mol. The molecular weight excluding hydrogens is 316 g/mol. The van der Waals surface area contributed by atoms with E-state index in [-0.39, 0.29) is 6.04 Å². The number of nitrogens with one attached hydrogen (secondary N) is 2. The van der Waals surface area contributed by atoms with E-state index in [0.717, 1.165) is 11.3 Å². The minimum Gasteiger partial charge on any atom is -0.356 e. The lowest BCUT2D eigenvalue weighted by Gasteiger charge is -2.17. The van der Waals surface area contributed by atoms with Gasteiger partial charge in [0.15, 0.2) is 14.9 Å². The molecule has 0 spiro atoms. The molecule has 0 fully saturated rings. The van der Waals surface area contributed by atoms with E-state index >= 15 is 0 Å². The van der Waals surface area contributed by atoms with Gasteiger partial charge in [-0.05, 0) is 49.0 Å². The number of hydrogen-bond donors (Lipinski definition) is 2. The molecule has 2 aromatic rings. The Hall–Kier alpha value is -1.92. The SMILES string of the molecule is C[C@H](NC(=S)Nc1ccccc1)c1ccc(S(C)(=O)=O)cc1. The highest BCUT2D eigenvalue weighted by atomic mass is 32.2. The molecule has 0 saturated carbocycles. The van der Waals surface area contributed by atoms with Crippen LogP contribution in [0.4, 0.5) is 5.69 Å². The zero-order valence-corrected chi connectivity index (χ0v) is 14.0. The molecular formula is C16H18N2O2S2. The van der Waals surface area contributed by atoms with Crippen LogP contribution in [0, 0.1) is 0 Å². The zero-order valence-electron chi connectivity index (χ0n) is 12.4. The fraction of sp³-hybridized carbons (Fsp3) is 0.188. The molecule has 0 aliphatic heterocycles. The molecule has 0 unspecified atom stereocenters. The molecule has 116 valence electrons. The fourth-order valence-electron chi connectivity index (χ4n) is 1.97. The summed E-state index contributed by atoms with van der Waals surface area (Å²) in [4.78, 5) is 0.313. The van der Waals surface area contributed by atoms with Crippen LogP contribution in [0.5, 0.6) is 0 Å². The topological polar surface area (TPSA) is 58.2 Å². The van der Waals surface area contributed by atoms with E-state index in [9.17, 15) is 8.42 Å². The zero-order chi connectivity index (χ0) is 16.2. The highest BCUT2D eigenvalue weighted by molar-refractivity contribution is 7.90. The van der Waals surface area contributed by atoms with Crippen LogP contribution in [-0.4, -0.2) is 19.8 Å². The van der Waals surface area contributed by atoms with Crippen molar-refractivity contribution in [2.24, 2.45) is 0 Å². The van der Waals surface area contributed by atoms with Gasteiger partial charge in [-0.15, -0.1) is 0 Å². The largest absolute Gasteiger partial charge is 0.356 e. The van der Waals surface area contributed by atoms with E-state index in [2.05, 4.69) is 10.6 Å². The van der Waals surface area contributed by atoms with Crippen molar-refractivity contribution >= 4 is 32.9 Å². The number of thiocarbonyl (C=S) groups is 1. The van der Waals surface area contributed by atoms with Crippen LogP contribution in [0.15, 0.2) is 59.5 Å². The van der Waals surface area contributed by atoms with Crippen LogP contribution in [0.3, 0.4) is 0 Å². The Bertz CT molecular complexity index is 741. The number of benzene rings is 2. The predicted octanol–water partition coefficient (Wildman–Crippen LogP) is 3.14. The van der Waals surface area contributed by atoms with Crippen molar-refractivity contribution in [2.45, 2.75) is 17.9 Å². The normalized spacial score (nSPS) is 12.5. The van der Waals surface area contributed by atoms with Gasteiger partial charge in [0, 0.05) is 11.9 Å². The van der Waals surface area contributed by atoms with Gasteiger partial charge in [0.25, 0.3) is 0 Å². The average molecular weight is 334 g/mol. The van der Waals surface area contributed by atoms with Crippen LogP contribution in [0.2, 0.25) is 0 Å². The molecule has 6 heteroatoms. The van der Waals surface area contributed by atoms with Crippen LogP contribution in [0.1, 0.15) is 18.5 Å². The van der Waals surface area contributed by atoms with Gasteiger partial charge in [0.05, 0.1) is 10.9 Å². The van der Waals surface area contributed by atoms with Gasteiger partial charge in [-0.1, -0.05) is 30.3 Å². The minimum atomic E-state index is -3.17. The van der Waals surface area contributed by atoms with Crippen LogP contribution < -0.4 is 10.6 Å². The third kappa shape index (κ3) is 4.54. The van der Waals surface area contributed by atoms with Crippen LogP contribution >= 0.6 is 12.2 Å². The maximum absolute atomic E-state index is 11.4. The molecule has 4 nitrogen and oxygen atoms in total. The lowest BCUT2D eigenvalue weighted by molar-refractivity contribution is 0.601. The second kappa shape index (κ2) is 6.89. The Labute approximate surface area is 136 Å². The standard InChI is InChI=1S/C16H18N2O2S2/c1-12(13-8-10-15(11-9-13)22(2,19)20)17-16(21)18-14-6-4-3-5-7-14/h3-12H,1-2H3,(H2,17,18,21)/t12-/m0/s1. The third-order valence-electron chi connectivity index (χ3n) is 3.19. The maximum atomic E-state index is 11.4. The molecule has 0 amide bonds.